The summed E-state index contributed by atoms with van der Waals surface area (Å²) in [6.45, 7) is 0. The number of carbonyl (C=O) groups excluding carboxylic acids is 3. The number of rotatable bonds is 6. The third kappa shape index (κ3) is 11.2. The van der Waals surface area contributed by atoms with E-state index in [4.69, 9.17) is 15.3 Å². The summed E-state index contributed by atoms with van der Waals surface area (Å²) in [5, 5.41) is 57.3. The van der Waals surface area contributed by atoms with Crippen LogP contribution in [0.25, 0.3) is 0 Å². The van der Waals surface area contributed by atoms with Crippen LogP contribution < -0.4 is 0 Å². The summed E-state index contributed by atoms with van der Waals surface area (Å²) in [7, 11) is 0. The molecule has 0 bridgehead atoms. The average Bonchev–Trinajstić information content (AvgIpc) is 2.83. The molecule has 3 aromatic carbocycles. The van der Waals surface area contributed by atoms with Gasteiger partial charge >= 0.3 is 0 Å². The molecule has 1 radical (unpaired) electrons. The molecule has 0 aliphatic carbocycles. The zero-order valence-electron chi connectivity index (χ0n) is 18.1. The van der Waals surface area contributed by atoms with Gasteiger partial charge in [0.2, 0.25) is 0 Å². The molecule has 0 heterocycles. The molecule has 3 aromatic rings. The Morgan fingerprint density at radius 1 is 0.486 bits per heavy atom. The summed E-state index contributed by atoms with van der Waals surface area (Å²) < 4.78 is 0. The van der Waals surface area contributed by atoms with Gasteiger partial charge in [-0.1, -0.05) is 0 Å². The van der Waals surface area contributed by atoms with E-state index in [0.717, 1.165) is 54.6 Å². The first-order valence-corrected chi connectivity index (χ1v) is 9.21. The number of hydrogen-bond donors (Lipinski definition) is 3. The SMILES string of the molecule is O=Cc1cc(O)cc([N+](=O)[O-])c1.O=Cc1cc(O)cc([N+](=O)[O-])c1.O=Cc1cc(O)cc([N+](=O)[O-])c1.[Ho]. The van der Waals surface area contributed by atoms with Crippen molar-refractivity contribution in [3.05, 3.63) is 102 Å². The number of nitrogens with zero attached hydrogens (tertiary/aromatic N) is 3. The number of phenolic OH excluding ortho intramolecular Hbond substituents is 3. The van der Waals surface area contributed by atoms with Gasteiger partial charge in [0.25, 0.3) is 17.1 Å². The maximum absolute atomic E-state index is 10.2. The van der Waals surface area contributed by atoms with Crippen LogP contribution in [-0.2, 0) is 0 Å². The fourth-order valence-corrected chi connectivity index (χ4v) is 2.37. The molecule has 15 nitrogen and oxygen atoms in total. The smallest absolute Gasteiger partial charge is 0.273 e. The number of non-ortho nitro benzene ring substituents is 3. The predicted octanol–water partition coefficient (Wildman–Crippen LogP) is 3.34. The molecule has 0 aromatic heterocycles. The van der Waals surface area contributed by atoms with E-state index in [9.17, 15) is 44.7 Å². The van der Waals surface area contributed by atoms with Crippen molar-refractivity contribution in [2.75, 3.05) is 0 Å². The van der Waals surface area contributed by atoms with Crippen LogP contribution in [0, 0.1) is 68.1 Å². The first kappa shape index (κ1) is 32.5. The van der Waals surface area contributed by atoms with Crippen LogP contribution in [-0.4, -0.2) is 48.9 Å². The standard InChI is InChI=1S/3C7H5NO4.Ho/c3*9-4-5-1-6(8(11)12)3-7(10)2-5;/h3*1-4,10H;. The van der Waals surface area contributed by atoms with E-state index >= 15 is 0 Å². The fourth-order valence-electron chi connectivity index (χ4n) is 2.37. The number of carbonyl (C=O) groups is 3. The van der Waals surface area contributed by atoms with E-state index in [-0.39, 0.29) is 88.7 Å². The Morgan fingerprint density at radius 2 is 0.703 bits per heavy atom. The molecular weight excluding hydrogens is 651 g/mol. The van der Waals surface area contributed by atoms with Crippen LogP contribution in [0.5, 0.6) is 17.2 Å². The molecule has 0 aliphatic rings. The van der Waals surface area contributed by atoms with Gasteiger partial charge in [-0.25, -0.2) is 0 Å². The maximum atomic E-state index is 10.2. The van der Waals surface area contributed by atoms with Crippen LogP contribution in [0.15, 0.2) is 54.6 Å². The molecule has 3 rings (SSSR count). The molecule has 16 heteroatoms. The monoisotopic (exact) mass is 666 g/mol. The van der Waals surface area contributed by atoms with Gasteiger partial charge < -0.3 is 15.3 Å². The summed E-state index contributed by atoms with van der Waals surface area (Å²) in [6.07, 6.45) is 1.31. The van der Waals surface area contributed by atoms with Crippen molar-refractivity contribution in [2.24, 2.45) is 0 Å². The molecule has 197 valence electrons. The topological polar surface area (TPSA) is 241 Å². The quantitative estimate of drug-likeness (QED) is 0.149. The molecule has 0 spiro atoms. The van der Waals surface area contributed by atoms with Crippen molar-refractivity contribution in [1.82, 2.24) is 0 Å². The molecular formula is C21H15HoN3O12. The minimum atomic E-state index is -0.674. The second kappa shape index (κ2) is 15.5. The van der Waals surface area contributed by atoms with Crippen LogP contribution in [0.2, 0.25) is 0 Å². The van der Waals surface area contributed by atoms with Crippen molar-refractivity contribution in [2.45, 2.75) is 0 Å². The summed E-state index contributed by atoms with van der Waals surface area (Å²) in [5.74, 6) is -0.857. The van der Waals surface area contributed by atoms with E-state index in [1.165, 1.54) is 0 Å². The average molecular weight is 666 g/mol. The number of benzene rings is 3. The Hall–Kier alpha value is -4.47. The van der Waals surface area contributed by atoms with E-state index in [0.29, 0.717) is 18.9 Å². The molecule has 3 N–H and O–H groups in total. The van der Waals surface area contributed by atoms with Gasteiger partial charge in [0.15, 0.2) is 0 Å². The Balaban J connectivity index is 0.000000518. The van der Waals surface area contributed by atoms with E-state index < -0.39 is 14.8 Å². The van der Waals surface area contributed by atoms with E-state index in [2.05, 4.69) is 0 Å². The zero-order chi connectivity index (χ0) is 27.4. The van der Waals surface area contributed by atoms with Crippen LogP contribution >= 0.6 is 0 Å². The van der Waals surface area contributed by atoms with Crippen LogP contribution in [0.4, 0.5) is 17.1 Å². The molecule has 37 heavy (non-hydrogen) atoms. The van der Waals surface area contributed by atoms with Crippen molar-refractivity contribution in [3.8, 4) is 17.2 Å². The Labute approximate surface area is 236 Å². The third-order valence-corrected chi connectivity index (χ3v) is 3.82. The predicted molar refractivity (Wildman–Crippen MR) is 120 cm³/mol. The van der Waals surface area contributed by atoms with Gasteiger partial charge in [0, 0.05) is 72.6 Å². The van der Waals surface area contributed by atoms with Gasteiger partial charge in [0.1, 0.15) is 36.1 Å². The van der Waals surface area contributed by atoms with Crippen molar-refractivity contribution >= 4 is 35.9 Å². The number of aldehydes is 3. The number of hydrogen-bond acceptors (Lipinski definition) is 12. The number of phenols is 3. The summed E-state index contributed by atoms with van der Waals surface area (Å²) in [6, 6.07) is 9.67. The number of nitro benzene ring substituents is 3. The second-order valence-corrected chi connectivity index (χ2v) is 6.47. The first-order valence-electron chi connectivity index (χ1n) is 9.21. The Kier molecular flexibility index (Phi) is 13.6. The summed E-state index contributed by atoms with van der Waals surface area (Å²) >= 11 is 0. The third-order valence-electron chi connectivity index (χ3n) is 3.82. The Morgan fingerprint density at radius 3 is 0.865 bits per heavy atom. The summed E-state index contributed by atoms with van der Waals surface area (Å²) in [5.41, 5.74) is -0.628. The van der Waals surface area contributed by atoms with E-state index in [1.54, 1.807) is 0 Å². The van der Waals surface area contributed by atoms with Gasteiger partial charge in [-0.3, -0.25) is 44.7 Å². The van der Waals surface area contributed by atoms with Crippen LogP contribution in [0.1, 0.15) is 31.1 Å². The molecule has 0 saturated carbocycles. The van der Waals surface area contributed by atoms with Crippen molar-refractivity contribution in [1.29, 1.82) is 0 Å². The van der Waals surface area contributed by atoms with Gasteiger partial charge in [-0.05, 0) is 18.2 Å². The molecule has 0 fully saturated rings. The normalized spacial score (nSPS) is 9.08. The first-order chi connectivity index (χ1) is 16.9. The summed E-state index contributed by atoms with van der Waals surface area (Å²) in [4.78, 5) is 59.2. The maximum Gasteiger partial charge on any atom is 0.273 e. The van der Waals surface area contributed by atoms with Crippen molar-refractivity contribution < 1.29 is 82.2 Å². The van der Waals surface area contributed by atoms with Gasteiger partial charge in [-0.15, -0.1) is 0 Å². The molecule has 0 saturated heterocycles. The van der Waals surface area contributed by atoms with Gasteiger partial charge in [-0.2, -0.15) is 0 Å². The molecule has 0 aliphatic heterocycles. The molecule has 0 amide bonds. The second-order valence-electron chi connectivity index (χ2n) is 6.47. The number of aromatic hydroxyl groups is 3. The fraction of sp³-hybridized carbons (Fsp3) is 0. The van der Waals surface area contributed by atoms with Gasteiger partial charge in [0.05, 0.1) is 33.0 Å². The minimum Gasteiger partial charge on any atom is -0.508 e. The molecule has 0 atom stereocenters. The van der Waals surface area contributed by atoms with E-state index in [1.807, 2.05) is 0 Å². The minimum absolute atomic E-state index is 0. The van der Waals surface area contributed by atoms with Crippen molar-refractivity contribution in [3.63, 3.8) is 0 Å². The molecule has 0 unspecified atom stereocenters. The largest absolute Gasteiger partial charge is 0.508 e. The number of nitro groups is 3. The zero-order valence-corrected chi connectivity index (χ0v) is 20.0. The Bertz CT molecular complexity index is 1170. The van der Waals surface area contributed by atoms with Crippen LogP contribution in [0.3, 0.4) is 0 Å².